The van der Waals surface area contributed by atoms with Gasteiger partial charge in [0.25, 0.3) is 0 Å². The molecular weight excluding hydrogens is 575 g/mol. The molecule has 0 bridgehead atoms. The minimum Gasteiger partial charge on any atom is -0.505 e. The van der Waals surface area contributed by atoms with Crippen molar-refractivity contribution in [1.29, 1.82) is 0 Å². The Labute approximate surface area is 243 Å². The van der Waals surface area contributed by atoms with E-state index < -0.39 is 27.4 Å². The zero-order chi connectivity index (χ0) is 28.9. The van der Waals surface area contributed by atoms with Crippen molar-refractivity contribution < 1.29 is 22.3 Å². The number of aromatic hydroxyl groups is 1. The van der Waals surface area contributed by atoms with Crippen LogP contribution < -0.4 is 0 Å². The number of sulfonamides is 1. The van der Waals surface area contributed by atoms with Crippen molar-refractivity contribution in [1.82, 2.24) is 4.31 Å². The molecule has 4 rings (SSSR count). The summed E-state index contributed by atoms with van der Waals surface area (Å²) in [5, 5.41) is 10.5. The number of phenols is 1. The lowest BCUT2D eigenvalue weighted by Crippen LogP contribution is -2.30. The largest absolute Gasteiger partial charge is 0.505 e. The summed E-state index contributed by atoms with van der Waals surface area (Å²) >= 11 is 12.1. The average Bonchev–Trinajstić information content (AvgIpc) is 2.90. The van der Waals surface area contributed by atoms with Crippen LogP contribution in [-0.4, -0.2) is 17.8 Å². The third-order valence-electron chi connectivity index (χ3n) is 6.62. The standard InChI is InChI=1S/C31H29Cl2F2NO3S/c1-21-9-11-23(12-10-21)19-36(40(38,39)30-17-26(32)16-28(33)31(30)37)20-24-7-4-6-22(15-24)5-2-3-8-25-13-14-27(34)18-29(25)35/h4,6-7,9-18,37H,2-3,5,8,19-20H2,1H3. The van der Waals surface area contributed by atoms with Crippen molar-refractivity contribution in [3.8, 4) is 5.75 Å². The summed E-state index contributed by atoms with van der Waals surface area (Å²) in [5.41, 5.74) is 4.10. The molecule has 0 spiro atoms. The number of benzene rings is 4. The van der Waals surface area contributed by atoms with Gasteiger partial charge < -0.3 is 5.11 Å². The Morgan fingerprint density at radius 1 is 0.800 bits per heavy atom. The number of nitrogens with zero attached hydrogens (tertiary/aromatic N) is 1. The first kappa shape index (κ1) is 30.0. The maximum Gasteiger partial charge on any atom is 0.247 e. The van der Waals surface area contributed by atoms with Gasteiger partial charge in [0, 0.05) is 24.2 Å². The van der Waals surface area contributed by atoms with E-state index in [4.69, 9.17) is 23.2 Å². The van der Waals surface area contributed by atoms with E-state index in [1.807, 2.05) is 55.5 Å². The van der Waals surface area contributed by atoms with Crippen LogP contribution >= 0.6 is 23.2 Å². The first-order valence-corrected chi connectivity index (χ1v) is 15.0. The normalized spacial score (nSPS) is 11.8. The second kappa shape index (κ2) is 13.1. The minimum atomic E-state index is -4.20. The summed E-state index contributed by atoms with van der Waals surface area (Å²) in [5.74, 6) is -1.68. The fourth-order valence-corrected chi connectivity index (χ4v) is 6.62. The Morgan fingerprint density at radius 3 is 2.20 bits per heavy atom. The molecule has 0 aliphatic heterocycles. The number of aryl methyl sites for hydroxylation is 3. The molecule has 0 unspecified atom stereocenters. The summed E-state index contributed by atoms with van der Waals surface area (Å²) in [6.07, 6.45) is 2.71. The van der Waals surface area contributed by atoms with Crippen molar-refractivity contribution in [3.63, 3.8) is 0 Å². The van der Waals surface area contributed by atoms with Crippen LogP contribution in [-0.2, 0) is 36.0 Å². The maximum absolute atomic E-state index is 13.9. The molecule has 40 heavy (non-hydrogen) atoms. The van der Waals surface area contributed by atoms with E-state index in [1.165, 1.54) is 28.6 Å². The SMILES string of the molecule is Cc1ccc(CN(Cc2cccc(CCCCc3ccc(F)cc3F)c2)S(=O)(=O)c2cc(Cl)cc(Cl)c2O)cc1. The monoisotopic (exact) mass is 603 g/mol. The van der Waals surface area contributed by atoms with Gasteiger partial charge in [-0.05, 0) is 73.1 Å². The molecule has 210 valence electrons. The predicted octanol–water partition coefficient (Wildman–Crippen LogP) is 8.24. The van der Waals surface area contributed by atoms with Crippen LogP contribution in [0, 0.1) is 18.6 Å². The van der Waals surface area contributed by atoms with E-state index in [1.54, 1.807) is 0 Å². The molecule has 0 atom stereocenters. The molecule has 0 saturated heterocycles. The van der Waals surface area contributed by atoms with Crippen LogP contribution in [0.3, 0.4) is 0 Å². The van der Waals surface area contributed by atoms with Gasteiger partial charge in [0.05, 0.1) is 5.02 Å². The van der Waals surface area contributed by atoms with E-state index in [2.05, 4.69) is 0 Å². The van der Waals surface area contributed by atoms with E-state index in [-0.39, 0.29) is 28.0 Å². The van der Waals surface area contributed by atoms with Crippen LogP contribution in [0.2, 0.25) is 10.0 Å². The number of phenolic OH excluding ortho intramolecular Hbond substituents is 1. The molecular formula is C31H29Cl2F2NO3S. The Balaban J connectivity index is 1.53. The summed E-state index contributed by atoms with van der Waals surface area (Å²) in [6.45, 7) is 2.07. The molecule has 0 amide bonds. The second-order valence-electron chi connectivity index (χ2n) is 9.76. The van der Waals surface area contributed by atoms with Crippen molar-refractivity contribution in [2.24, 2.45) is 0 Å². The van der Waals surface area contributed by atoms with Crippen LogP contribution in [0.25, 0.3) is 0 Å². The van der Waals surface area contributed by atoms with Gasteiger partial charge >= 0.3 is 0 Å². The van der Waals surface area contributed by atoms with Crippen molar-refractivity contribution in [3.05, 3.63) is 128 Å². The van der Waals surface area contributed by atoms with Crippen molar-refractivity contribution in [2.75, 3.05) is 0 Å². The molecule has 9 heteroatoms. The van der Waals surface area contributed by atoms with Crippen molar-refractivity contribution >= 4 is 33.2 Å². The van der Waals surface area contributed by atoms with Crippen LogP contribution in [0.1, 0.15) is 40.7 Å². The summed E-state index contributed by atoms with van der Waals surface area (Å²) in [4.78, 5) is -0.360. The number of hydrogen-bond donors (Lipinski definition) is 1. The van der Waals surface area contributed by atoms with Gasteiger partial charge in [-0.15, -0.1) is 0 Å². The average molecular weight is 605 g/mol. The number of unbranched alkanes of at least 4 members (excludes halogenated alkanes) is 1. The van der Waals surface area contributed by atoms with E-state index in [9.17, 15) is 22.3 Å². The second-order valence-corrected chi connectivity index (χ2v) is 12.5. The summed E-state index contributed by atoms with van der Waals surface area (Å²) < 4.78 is 56.0. The van der Waals surface area contributed by atoms with Gasteiger partial charge in [0.15, 0.2) is 5.75 Å². The Bertz CT molecular complexity index is 1600. The lowest BCUT2D eigenvalue weighted by molar-refractivity contribution is 0.394. The van der Waals surface area contributed by atoms with E-state index >= 15 is 0 Å². The Kier molecular flexibility index (Phi) is 9.85. The predicted molar refractivity (Wildman–Crippen MR) is 155 cm³/mol. The highest BCUT2D eigenvalue weighted by Crippen LogP contribution is 2.36. The molecule has 1 N–H and O–H groups in total. The van der Waals surface area contributed by atoms with Crippen LogP contribution in [0.15, 0.2) is 83.8 Å². The Morgan fingerprint density at radius 2 is 1.48 bits per heavy atom. The lowest BCUT2D eigenvalue weighted by Gasteiger charge is -2.24. The van der Waals surface area contributed by atoms with Crippen LogP contribution in [0.4, 0.5) is 8.78 Å². The first-order chi connectivity index (χ1) is 19.0. The number of halogens is 4. The highest BCUT2D eigenvalue weighted by molar-refractivity contribution is 7.89. The minimum absolute atomic E-state index is 0.0500. The molecule has 0 radical (unpaired) electrons. The molecule has 4 aromatic rings. The third-order valence-corrected chi connectivity index (χ3v) is 8.93. The van der Waals surface area contributed by atoms with Gasteiger partial charge in [-0.2, -0.15) is 4.31 Å². The van der Waals surface area contributed by atoms with Gasteiger partial charge in [-0.25, -0.2) is 17.2 Å². The topological polar surface area (TPSA) is 57.6 Å². The quantitative estimate of drug-likeness (QED) is 0.176. The molecule has 0 saturated carbocycles. The smallest absolute Gasteiger partial charge is 0.247 e. The van der Waals surface area contributed by atoms with Gasteiger partial charge in [0.1, 0.15) is 16.5 Å². The molecule has 0 fully saturated rings. The fourth-order valence-electron chi connectivity index (χ4n) is 4.46. The molecule has 0 aliphatic carbocycles. The molecule has 4 nitrogen and oxygen atoms in total. The summed E-state index contributed by atoms with van der Waals surface area (Å²) in [7, 11) is -4.20. The molecule has 0 heterocycles. The zero-order valence-electron chi connectivity index (χ0n) is 21.9. The number of hydrogen-bond acceptors (Lipinski definition) is 3. The zero-order valence-corrected chi connectivity index (χ0v) is 24.2. The first-order valence-electron chi connectivity index (χ1n) is 12.8. The Hall–Kier alpha value is -2.97. The van der Waals surface area contributed by atoms with Gasteiger partial charge in [0.2, 0.25) is 10.0 Å². The van der Waals surface area contributed by atoms with E-state index in [0.29, 0.717) is 18.4 Å². The summed E-state index contributed by atoms with van der Waals surface area (Å²) in [6, 6.07) is 21.3. The highest BCUT2D eigenvalue weighted by atomic mass is 35.5. The molecule has 0 aliphatic rings. The highest BCUT2D eigenvalue weighted by Gasteiger charge is 2.29. The van der Waals surface area contributed by atoms with Gasteiger partial charge in [-0.3, -0.25) is 0 Å². The van der Waals surface area contributed by atoms with E-state index in [0.717, 1.165) is 41.2 Å². The molecule has 0 aromatic heterocycles. The third kappa shape index (κ3) is 7.61. The molecule has 4 aromatic carbocycles. The van der Waals surface area contributed by atoms with Gasteiger partial charge in [-0.1, -0.05) is 83.4 Å². The lowest BCUT2D eigenvalue weighted by atomic mass is 10.0. The van der Waals surface area contributed by atoms with Crippen molar-refractivity contribution in [2.45, 2.75) is 50.6 Å². The number of rotatable bonds is 11. The van der Waals surface area contributed by atoms with Crippen LogP contribution in [0.5, 0.6) is 5.75 Å². The maximum atomic E-state index is 13.9. The fraction of sp³-hybridized carbons (Fsp3) is 0.226.